The molecule has 0 aliphatic carbocycles. The lowest BCUT2D eigenvalue weighted by molar-refractivity contribution is 0.0660. The van der Waals surface area contributed by atoms with Gasteiger partial charge >= 0.3 is 0 Å². The minimum atomic E-state index is -0.300. The summed E-state index contributed by atoms with van der Waals surface area (Å²) in [6.07, 6.45) is 0. The molecule has 9 heteroatoms. The first kappa shape index (κ1) is 22.6. The Bertz CT molecular complexity index is 727. The smallest absolute Gasteiger partial charge is 0.266 e. The fourth-order valence-corrected chi connectivity index (χ4v) is 3.60. The maximum absolute atomic E-state index is 12.9. The van der Waals surface area contributed by atoms with Crippen LogP contribution in [0.2, 0.25) is 0 Å². The fourth-order valence-electron chi connectivity index (χ4n) is 2.66. The van der Waals surface area contributed by atoms with Crippen molar-refractivity contribution < 1.29 is 13.9 Å². The van der Waals surface area contributed by atoms with E-state index in [4.69, 9.17) is 4.74 Å². The van der Waals surface area contributed by atoms with E-state index in [1.54, 1.807) is 12.1 Å². The molecule has 1 N–H and O–H groups in total. The van der Waals surface area contributed by atoms with E-state index >= 15 is 0 Å². The lowest BCUT2D eigenvalue weighted by atomic mass is 10.2. The highest BCUT2D eigenvalue weighted by Gasteiger charge is 2.27. The van der Waals surface area contributed by atoms with Gasteiger partial charge in [-0.15, -0.1) is 36.2 Å². The molecule has 3 rings (SSSR count). The maximum Gasteiger partial charge on any atom is 0.266 e. The SMILES string of the molecule is Cc1nc(COc2ccc(F)cc2)sc1C(=O)N1CCNC[C@H]1C.Cl.Cl. The zero-order valence-electron chi connectivity index (χ0n) is 14.5. The van der Waals surface area contributed by atoms with Crippen LogP contribution in [-0.4, -0.2) is 41.5 Å². The average Bonchev–Trinajstić information content (AvgIpc) is 2.95. The number of piperazine rings is 1. The topological polar surface area (TPSA) is 54.5 Å². The highest BCUT2D eigenvalue weighted by Crippen LogP contribution is 2.23. The third-order valence-electron chi connectivity index (χ3n) is 3.97. The van der Waals surface area contributed by atoms with E-state index in [1.807, 2.05) is 18.7 Å². The average molecular weight is 422 g/mol. The second-order valence-electron chi connectivity index (χ2n) is 5.82. The predicted molar refractivity (Wildman–Crippen MR) is 105 cm³/mol. The third-order valence-corrected chi connectivity index (χ3v) is 5.09. The molecular weight excluding hydrogens is 400 g/mol. The molecule has 2 heterocycles. The number of carbonyl (C=O) groups is 1. The maximum atomic E-state index is 12.9. The Kier molecular flexibility index (Phi) is 8.76. The number of halogens is 3. The number of hydrogen-bond donors (Lipinski definition) is 1. The third kappa shape index (κ3) is 5.30. The minimum absolute atomic E-state index is 0. The molecule has 1 fully saturated rings. The number of nitrogens with one attached hydrogen (secondary N) is 1. The Morgan fingerprint density at radius 2 is 2.08 bits per heavy atom. The van der Waals surface area contributed by atoms with Crippen molar-refractivity contribution in [1.82, 2.24) is 15.2 Å². The summed E-state index contributed by atoms with van der Waals surface area (Å²) in [6, 6.07) is 6.02. The van der Waals surface area contributed by atoms with Crippen LogP contribution >= 0.6 is 36.2 Å². The van der Waals surface area contributed by atoms with Gasteiger partial charge < -0.3 is 15.0 Å². The lowest BCUT2D eigenvalue weighted by Gasteiger charge is -2.33. The molecule has 1 aromatic carbocycles. The van der Waals surface area contributed by atoms with Crippen molar-refractivity contribution in [2.24, 2.45) is 0 Å². The molecule has 1 amide bonds. The van der Waals surface area contributed by atoms with Crippen LogP contribution in [0.3, 0.4) is 0 Å². The Hall–Kier alpha value is -1.41. The van der Waals surface area contributed by atoms with Crippen LogP contribution in [0.15, 0.2) is 24.3 Å². The Balaban J connectivity index is 0.00000169. The van der Waals surface area contributed by atoms with Gasteiger partial charge in [0.25, 0.3) is 5.91 Å². The fraction of sp³-hybridized carbons (Fsp3) is 0.412. The predicted octanol–water partition coefficient (Wildman–Crippen LogP) is 3.45. The molecule has 1 aliphatic rings. The van der Waals surface area contributed by atoms with Crippen LogP contribution in [-0.2, 0) is 6.61 Å². The Morgan fingerprint density at radius 3 is 2.73 bits per heavy atom. The molecule has 0 spiro atoms. The first-order chi connectivity index (χ1) is 11.5. The number of carbonyl (C=O) groups excluding carboxylic acids is 1. The van der Waals surface area contributed by atoms with E-state index in [9.17, 15) is 9.18 Å². The van der Waals surface area contributed by atoms with Gasteiger partial charge in [-0.2, -0.15) is 0 Å². The summed E-state index contributed by atoms with van der Waals surface area (Å²) in [5, 5.41) is 4.02. The molecule has 1 aliphatic heterocycles. The summed E-state index contributed by atoms with van der Waals surface area (Å²) < 4.78 is 18.5. The van der Waals surface area contributed by atoms with Gasteiger partial charge in [0, 0.05) is 25.7 Å². The first-order valence-electron chi connectivity index (χ1n) is 7.91. The quantitative estimate of drug-likeness (QED) is 0.820. The summed E-state index contributed by atoms with van der Waals surface area (Å²) in [5.74, 6) is 0.311. The number of amides is 1. The number of rotatable bonds is 4. The molecule has 0 bridgehead atoms. The zero-order chi connectivity index (χ0) is 17.1. The molecule has 1 atom stereocenters. The van der Waals surface area contributed by atoms with Crippen molar-refractivity contribution in [3.05, 3.63) is 45.7 Å². The number of aryl methyl sites for hydroxylation is 1. The van der Waals surface area contributed by atoms with E-state index in [-0.39, 0.29) is 49.2 Å². The van der Waals surface area contributed by atoms with Gasteiger partial charge in [-0.3, -0.25) is 4.79 Å². The standard InChI is InChI=1S/C17H20FN3O2S.2ClH/c1-11-9-19-7-8-21(11)17(22)16-12(2)20-15(24-16)10-23-14-5-3-13(18)4-6-14;;/h3-6,11,19H,7-10H2,1-2H3;2*1H/t11-;;/m1../s1. The number of ether oxygens (including phenoxy) is 1. The van der Waals surface area contributed by atoms with Gasteiger partial charge in [0.05, 0.1) is 5.69 Å². The Labute approximate surface area is 168 Å². The van der Waals surface area contributed by atoms with Crippen LogP contribution in [0, 0.1) is 12.7 Å². The molecule has 2 aromatic rings. The van der Waals surface area contributed by atoms with Crippen molar-refractivity contribution in [2.45, 2.75) is 26.5 Å². The Morgan fingerprint density at radius 1 is 1.38 bits per heavy atom. The van der Waals surface area contributed by atoms with E-state index < -0.39 is 0 Å². The highest BCUT2D eigenvalue weighted by atomic mass is 35.5. The summed E-state index contributed by atoms with van der Waals surface area (Å²) in [6.45, 7) is 6.48. The van der Waals surface area contributed by atoms with Crippen molar-refractivity contribution in [2.75, 3.05) is 19.6 Å². The van der Waals surface area contributed by atoms with Crippen molar-refractivity contribution in [3.63, 3.8) is 0 Å². The molecule has 26 heavy (non-hydrogen) atoms. The van der Waals surface area contributed by atoms with Crippen molar-refractivity contribution in [1.29, 1.82) is 0 Å². The van der Waals surface area contributed by atoms with Gasteiger partial charge in [0.1, 0.15) is 28.1 Å². The molecule has 1 aromatic heterocycles. The summed E-state index contributed by atoms with van der Waals surface area (Å²) in [4.78, 5) is 19.7. The van der Waals surface area contributed by atoms with Crippen LogP contribution in [0.4, 0.5) is 4.39 Å². The van der Waals surface area contributed by atoms with Crippen LogP contribution in [0.25, 0.3) is 0 Å². The molecule has 0 radical (unpaired) electrons. The second kappa shape index (κ2) is 10.1. The van der Waals surface area contributed by atoms with Gasteiger partial charge in [-0.1, -0.05) is 0 Å². The normalized spacial score (nSPS) is 16.4. The number of nitrogens with zero attached hydrogens (tertiary/aromatic N) is 2. The summed E-state index contributed by atoms with van der Waals surface area (Å²) in [5.41, 5.74) is 0.730. The van der Waals surface area contributed by atoms with Crippen LogP contribution < -0.4 is 10.1 Å². The van der Waals surface area contributed by atoms with Gasteiger partial charge in [-0.05, 0) is 38.1 Å². The summed E-state index contributed by atoms with van der Waals surface area (Å²) >= 11 is 1.36. The zero-order valence-corrected chi connectivity index (χ0v) is 17.0. The van der Waals surface area contributed by atoms with Gasteiger partial charge in [0.15, 0.2) is 0 Å². The monoisotopic (exact) mass is 421 g/mol. The summed E-state index contributed by atoms with van der Waals surface area (Å²) in [7, 11) is 0. The first-order valence-corrected chi connectivity index (χ1v) is 8.72. The largest absolute Gasteiger partial charge is 0.486 e. The number of hydrogen-bond acceptors (Lipinski definition) is 5. The molecule has 0 unspecified atom stereocenters. The second-order valence-corrected chi connectivity index (χ2v) is 6.90. The van der Waals surface area contributed by atoms with Crippen molar-refractivity contribution >= 4 is 42.1 Å². The van der Waals surface area contributed by atoms with Crippen molar-refractivity contribution in [3.8, 4) is 5.75 Å². The number of benzene rings is 1. The molecule has 1 saturated heterocycles. The molecule has 144 valence electrons. The number of aromatic nitrogens is 1. The van der Waals surface area contributed by atoms with E-state index in [0.717, 1.165) is 23.8 Å². The van der Waals surface area contributed by atoms with E-state index in [1.165, 1.54) is 23.5 Å². The lowest BCUT2D eigenvalue weighted by Crippen LogP contribution is -2.52. The molecule has 0 saturated carbocycles. The van der Waals surface area contributed by atoms with E-state index in [0.29, 0.717) is 17.2 Å². The molecule has 5 nitrogen and oxygen atoms in total. The van der Waals surface area contributed by atoms with Crippen LogP contribution in [0.1, 0.15) is 27.3 Å². The van der Waals surface area contributed by atoms with Crippen LogP contribution in [0.5, 0.6) is 5.75 Å². The van der Waals surface area contributed by atoms with E-state index in [2.05, 4.69) is 10.3 Å². The minimum Gasteiger partial charge on any atom is -0.486 e. The highest BCUT2D eigenvalue weighted by molar-refractivity contribution is 7.13. The molecular formula is C17H22Cl2FN3O2S. The van der Waals surface area contributed by atoms with Gasteiger partial charge in [0.2, 0.25) is 0 Å². The number of thiazole rings is 1. The van der Waals surface area contributed by atoms with Gasteiger partial charge in [-0.25, -0.2) is 9.37 Å².